The molecule has 0 radical (unpaired) electrons. The number of nitrogens with two attached hydrogens (primary N) is 1. The van der Waals surface area contributed by atoms with Gasteiger partial charge in [0.25, 0.3) is 5.91 Å². The summed E-state index contributed by atoms with van der Waals surface area (Å²) < 4.78 is 35.2. The van der Waals surface area contributed by atoms with Gasteiger partial charge in [-0.25, -0.2) is 18.7 Å². The van der Waals surface area contributed by atoms with Crippen molar-refractivity contribution < 1.29 is 18.3 Å². The Bertz CT molecular complexity index is 1250. The van der Waals surface area contributed by atoms with Crippen LogP contribution in [0.25, 0.3) is 11.3 Å². The van der Waals surface area contributed by atoms with Gasteiger partial charge in [0.05, 0.1) is 5.56 Å². The fraction of sp³-hybridized carbons (Fsp3) is 0.370. The van der Waals surface area contributed by atoms with Gasteiger partial charge < -0.3 is 21.1 Å². The number of carbonyl (C=O) groups excluding carboxylic acids is 1. The Morgan fingerprint density at radius 2 is 1.97 bits per heavy atom. The number of nitrogens with zero attached hydrogens (tertiary/aromatic N) is 2. The quantitative estimate of drug-likeness (QED) is 0.316. The van der Waals surface area contributed by atoms with Crippen molar-refractivity contribution in [2.24, 2.45) is 0 Å². The van der Waals surface area contributed by atoms with Crippen molar-refractivity contribution in [3.05, 3.63) is 65.0 Å². The highest BCUT2D eigenvalue weighted by Gasteiger charge is 2.25. The van der Waals surface area contributed by atoms with Crippen LogP contribution in [0.5, 0.6) is 5.75 Å². The van der Waals surface area contributed by atoms with Crippen LogP contribution in [0, 0.1) is 18.6 Å². The lowest BCUT2D eigenvalue weighted by Gasteiger charge is -2.17. The molecule has 0 saturated heterocycles. The maximum atomic E-state index is 14.7. The molecule has 1 aromatic heterocycles. The number of hydrogen-bond donors (Lipinski definition) is 3. The van der Waals surface area contributed by atoms with Crippen molar-refractivity contribution in [1.29, 1.82) is 0 Å². The number of nitrogens with one attached hydrogen (secondary N) is 2. The number of nitrogen functional groups attached to an aromatic ring is 1. The molecule has 1 heterocycles. The van der Waals surface area contributed by atoms with Gasteiger partial charge in [0.2, 0.25) is 0 Å². The van der Waals surface area contributed by atoms with Crippen molar-refractivity contribution in [1.82, 2.24) is 15.3 Å². The molecule has 36 heavy (non-hydrogen) atoms. The van der Waals surface area contributed by atoms with Crippen LogP contribution in [0.2, 0.25) is 0 Å². The number of rotatable bonds is 11. The molecule has 4 N–H and O–H groups in total. The van der Waals surface area contributed by atoms with E-state index >= 15 is 0 Å². The Morgan fingerprint density at radius 1 is 1.17 bits per heavy atom. The summed E-state index contributed by atoms with van der Waals surface area (Å²) in [5.41, 5.74) is 8.27. The van der Waals surface area contributed by atoms with Crippen molar-refractivity contribution in [2.45, 2.75) is 45.4 Å². The first-order valence-corrected chi connectivity index (χ1v) is 12.2. The van der Waals surface area contributed by atoms with Gasteiger partial charge in [0.1, 0.15) is 30.3 Å². The molecule has 1 saturated carbocycles. The lowest BCUT2D eigenvalue weighted by molar-refractivity contribution is 0.102. The Kier molecular flexibility index (Phi) is 8.10. The molecule has 3 aromatic rings. The van der Waals surface area contributed by atoms with Crippen LogP contribution in [0.3, 0.4) is 0 Å². The van der Waals surface area contributed by atoms with Crippen LogP contribution >= 0.6 is 0 Å². The number of ether oxygens (including phenoxy) is 1. The smallest absolute Gasteiger partial charge is 0.258 e. The fourth-order valence-electron chi connectivity index (χ4n) is 4.00. The number of anilines is 2. The number of aromatic nitrogens is 2. The van der Waals surface area contributed by atoms with E-state index in [1.165, 1.54) is 30.6 Å². The Balaban J connectivity index is 1.57. The molecular formula is C27H31F2N5O2. The lowest BCUT2D eigenvalue weighted by Crippen LogP contribution is -2.22. The molecular weight excluding hydrogens is 464 g/mol. The lowest BCUT2D eigenvalue weighted by atomic mass is 10.0. The third-order valence-electron chi connectivity index (χ3n) is 6.23. The van der Waals surface area contributed by atoms with Crippen LogP contribution < -0.4 is 21.1 Å². The van der Waals surface area contributed by atoms with Crippen LogP contribution in [0.1, 0.15) is 60.0 Å². The van der Waals surface area contributed by atoms with Gasteiger partial charge in [-0.3, -0.25) is 4.79 Å². The second-order valence-corrected chi connectivity index (χ2v) is 8.98. The zero-order valence-electron chi connectivity index (χ0n) is 20.5. The summed E-state index contributed by atoms with van der Waals surface area (Å²) in [6.07, 6.45) is 5.49. The van der Waals surface area contributed by atoms with Crippen molar-refractivity contribution >= 4 is 17.4 Å². The van der Waals surface area contributed by atoms with Gasteiger partial charge in [-0.1, -0.05) is 19.4 Å². The summed E-state index contributed by atoms with van der Waals surface area (Å²) in [6, 6.07) is 7.13. The second kappa shape index (κ2) is 11.4. The summed E-state index contributed by atoms with van der Waals surface area (Å²) in [5, 5.41) is 5.92. The summed E-state index contributed by atoms with van der Waals surface area (Å²) in [7, 11) is 0. The van der Waals surface area contributed by atoms with Gasteiger partial charge >= 0.3 is 0 Å². The van der Waals surface area contributed by atoms with E-state index in [-0.39, 0.29) is 22.8 Å². The predicted molar refractivity (Wildman–Crippen MR) is 136 cm³/mol. The molecule has 4 rings (SSSR count). The minimum Gasteiger partial charge on any atom is -0.486 e. The topological polar surface area (TPSA) is 102 Å². The summed E-state index contributed by atoms with van der Waals surface area (Å²) in [4.78, 5) is 21.2. The van der Waals surface area contributed by atoms with Crippen LogP contribution in [-0.4, -0.2) is 35.6 Å². The number of hydrogen-bond acceptors (Lipinski definition) is 6. The highest BCUT2D eigenvalue weighted by Crippen LogP contribution is 2.40. The highest BCUT2D eigenvalue weighted by molar-refractivity contribution is 6.05. The molecule has 0 aliphatic heterocycles. The standard InChI is InChI=1S/C27H31F2N5O2/c1-3-4-9-31-10-11-36-25-24(32-15-33-26(25)30)21-13-19(28)14-23(16(21)2)34-27(35)20-8-7-18(12-22(20)29)17-5-6-17/h7-8,12-15,17,31H,3-6,9-11H2,1-2H3,(H,34,35)(H2,30,32,33). The molecule has 1 aliphatic carbocycles. The Hall–Kier alpha value is -3.59. The largest absolute Gasteiger partial charge is 0.486 e. The third-order valence-corrected chi connectivity index (χ3v) is 6.23. The second-order valence-electron chi connectivity index (χ2n) is 8.98. The SMILES string of the molecule is CCCCNCCOc1c(N)ncnc1-c1cc(F)cc(NC(=O)c2ccc(C3CC3)cc2F)c1C. The average molecular weight is 496 g/mol. The van der Waals surface area contributed by atoms with Crippen LogP contribution in [-0.2, 0) is 0 Å². The summed E-state index contributed by atoms with van der Waals surface area (Å²) in [6.45, 7) is 5.63. The first kappa shape index (κ1) is 25.5. The normalized spacial score (nSPS) is 13.0. The fourth-order valence-corrected chi connectivity index (χ4v) is 4.00. The van der Waals surface area contributed by atoms with E-state index in [1.54, 1.807) is 13.0 Å². The first-order valence-electron chi connectivity index (χ1n) is 12.2. The monoisotopic (exact) mass is 495 g/mol. The molecule has 0 bridgehead atoms. The molecule has 190 valence electrons. The Morgan fingerprint density at radius 3 is 2.69 bits per heavy atom. The average Bonchev–Trinajstić information content (AvgIpc) is 3.69. The number of amides is 1. The molecule has 2 aromatic carbocycles. The predicted octanol–water partition coefficient (Wildman–Crippen LogP) is 5.21. The maximum absolute atomic E-state index is 14.7. The van der Waals surface area contributed by atoms with Gasteiger partial charge in [-0.05, 0) is 74.0 Å². The van der Waals surface area contributed by atoms with Crippen molar-refractivity contribution in [2.75, 3.05) is 30.7 Å². The van der Waals surface area contributed by atoms with Crippen molar-refractivity contribution in [3.63, 3.8) is 0 Å². The maximum Gasteiger partial charge on any atom is 0.258 e. The highest BCUT2D eigenvalue weighted by atomic mass is 19.1. The third kappa shape index (κ3) is 5.96. The van der Waals surface area contributed by atoms with Crippen molar-refractivity contribution in [3.8, 4) is 17.0 Å². The molecule has 0 spiro atoms. The van der Waals surface area contributed by atoms with Crippen LogP contribution in [0.15, 0.2) is 36.7 Å². The Labute approximate surface area is 209 Å². The van der Waals surface area contributed by atoms with E-state index < -0.39 is 17.5 Å². The number of unbranched alkanes of at least 4 members (excludes halogenated alkanes) is 1. The zero-order chi connectivity index (χ0) is 25.7. The minimum absolute atomic E-state index is 0.101. The molecule has 1 aliphatic rings. The molecule has 1 amide bonds. The molecule has 1 fully saturated rings. The van der Waals surface area contributed by atoms with Gasteiger partial charge in [0, 0.05) is 17.8 Å². The van der Waals surface area contributed by atoms with Crippen LogP contribution in [0.4, 0.5) is 20.3 Å². The van der Waals surface area contributed by atoms with E-state index in [1.807, 2.05) is 0 Å². The number of benzene rings is 2. The van der Waals surface area contributed by atoms with E-state index in [0.29, 0.717) is 35.9 Å². The number of carbonyl (C=O) groups is 1. The summed E-state index contributed by atoms with van der Waals surface area (Å²) >= 11 is 0. The van der Waals surface area contributed by atoms with E-state index in [2.05, 4.69) is 27.5 Å². The van der Waals surface area contributed by atoms with Gasteiger partial charge in [0.15, 0.2) is 11.6 Å². The van der Waals surface area contributed by atoms with E-state index in [9.17, 15) is 13.6 Å². The minimum atomic E-state index is -0.661. The molecule has 9 heteroatoms. The molecule has 7 nitrogen and oxygen atoms in total. The van der Waals surface area contributed by atoms with Gasteiger partial charge in [-0.15, -0.1) is 0 Å². The molecule has 0 unspecified atom stereocenters. The van der Waals surface area contributed by atoms with Gasteiger partial charge in [-0.2, -0.15) is 0 Å². The van der Waals surface area contributed by atoms with E-state index in [0.717, 1.165) is 37.8 Å². The zero-order valence-corrected chi connectivity index (χ0v) is 20.5. The summed E-state index contributed by atoms with van der Waals surface area (Å²) in [5.74, 6) is -1.12. The molecule has 0 atom stereocenters. The van der Waals surface area contributed by atoms with E-state index in [4.69, 9.17) is 10.5 Å². The first-order chi connectivity index (χ1) is 17.4. The number of halogens is 2.